The molecule has 0 unspecified atom stereocenters. The second-order valence-corrected chi connectivity index (χ2v) is 10.7. The molecule has 2 aliphatic heterocycles. The summed E-state index contributed by atoms with van der Waals surface area (Å²) in [6.07, 6.45) is 4.90. The Balaban J connectivity index is 0.000000324. The minimum Gasteiger partial charge on any atom is -0.497 e. The number of carboxylic acid groups (broad SMARTS) is 1. The highest BCUT2D eigenvalue weighted by atomic mass is 19.1. The third-order valence-electron chi connectivity index (χ3n) is 7.84. The topological polar surface area (TPSA) is 129 Å². The monoisotopic (exact) mass is 595 g/mol. The van der Waals surface area contributed by atoms with E-state index < -0.39 is 11.9 Å². The highest BCUT2D eigenvalue weighted by molar-refractivity contribution is 5.95. The van der Waals surface area contributed by atoms with Gasteiger partial charge in [-0.25, -0.2) is 14.0 Å². The molecule has 230 valence electrons. The lowest BCUT2D eigenvalue weighted by Gasteiger charge is -2.36. The maximum absolute atomic E-state index is 13.0. The molecule has 10 nitrogen and oxygen atoms in total. The minimum atomic E-state index is -0.923. The number of benzene rings is 2. The van der Waals surface area contributed by atoms with Gasteiger partial charge in [0.25, 0.3) is 5.91 Å². The number of esters is 1. The lowest BCUT2D eigenvalue weighted by Crippen LogP contribution is -2.40. The number of carboxylic acids is 1. The number of nitrogens with one attached hydrogen (secondary N) is 1. The Bertz CT molecular complexity index is 1400. The number of hydrogen-bond acceptors (Lipinski definition) is 7. The van der Waals surface area contributed by atoms with Crippen molar-refractivity contribution >= 4 is 17.8 Å². The number of methoxy groups -OCH3 is 1. The van der Waals surface area contributed by atoms with E-state index in [4.69, 9.17) is 24.4 Å². The average molecular weight is 596 g/mol. The van der Waals surface area contributed by atoms with Crippen LogP contribution in [0.15, 0.2) is 48.5 Å². The lowest BCUT2D eigenvalue weighted by atomic mass is 9.75. The van der Waals surface area contributed by atoms with Crippen molar-refractivity contribution in [1.82, 2.24) is 15.1 Å². The second kappa shape index (κ2) is 14.8. The summed E-state index contributed by atoms with van der Waals surface area (Å²) in [6.45, 7) is 5.04. The van der Waals surface area contributed by atoms with E-state index in [9.17, 15) is 18.8 Å². The largest absolute Gasteiger partial charge is 0.497 e. The Labute approximate surface area is 250 Å². The van der Waals surface area contributed by atoms with Gasteiger partial charge in [-0.2, -0.15) is 5.10 Å². The quantitative estimate of drug-likeness (QED) is 0.269. The molecular weight excluding hydrogens is 557 g/mol. The second-order valence-electron chi connectivity index (χ2n) is 10.7. The predicted molar refractivity (Wildman–Crippen MR) is 156 cm³/mol. The zero-order valence-electron chi connectivity index (χ0n) is 24.6. The molecule has 1 saturated heterocycles. The summed E-state index contributed by atoms with van der Waals surface area (Å²) in [7, 11) is 1.54. The summed E-state index contributed by atoms with van der Waals surface area (Å²) >= 11 is 0. The first-order valence-corrected chi connectivity index (χ1v) is 14.5. The van der Waals surface area contributed by atoms with Crippen LogP contribution in [0.2, 0.25) is 0 Å². The third-order valence-corrected chi connectivity index (χ3v) is 7.84. The highest BCUT2D eigenvalue weighted by Crippen LogP contribution is 2.38. The molecule has 1 spiro atoms. The van der Waals surface area contributed by atoms with Gasteiger partial charge < -0.3 is 24.6 Å². The number of rotatable bonds is 9. The zero-order chi connectivity index (χ0) is 30.8. The number of carbonyl (C=O) groups is 3. The van der Waals surface area contributed by atoms with Crippen LogP contribution < -0.4 is 10.1 Å². The van der Waals surface area contributed by atoms with Crippen LogP contribution >= 0.6 is 0 Å². The molecule has 1 amide bonds. The van der Waals surface area contributed by atoms with E-state index in [1.54, 1.807) is 12.1 Å². The summed E-state index contributed by atoms with van der Waals surface area (Å²) in [5.74, 6) is -1.14. The smallest absolute Gasteiger partial charge is 0.338 e. The molecule has 2 aliphatic rings. The number of aromatic carboxylic acids is 1. The molecule has 43 heavy (non-hydrogen) atoms. The maximum Gasteiger partial charge on any atom is 0.338 e. The van der Waals surface area contributed by atoms with Gasteiger partial charge in [0.1, 0.15) is 17.3 Å². The third kappa shape index (κ3) is 8.19. The molecule has 3 aromatic rings. The van der Waals surface area contributed by atoms with Gasteiger partial charge in [-0.1, -0.05) is 0 Å². The Morgan fingerprint density at radius 3 is 2.37 bits per heavy atom. The van der Waals surface area contributed by atoms with Crippen molar-refractivity contribution in [2.24, 2.45) is 5.41 Å². The Kier molecular flexibility index (Phi) is 10.9. The first-order valence-electron chi connectivity index (χ1n) is 14.5. The van der Waals surface area contributed by atoms with Crippen LogP contribution in [0, 0.1) is 11.2 Å². The summed E-state index contributed by atoms with van der Waals surface area (Å²) in [4.78, 5) is 35.3. The Hall–Kier alpha value is -4.25. The van der Waals surface area contributed by atoms with Crippen molar-refractivity contribution < 1.29 is 38.1 Å². The fourth-order valence-corrected chi connectivity index (χ4v) is 5.33. The fraction of sp³-hybridized carbons (Fsp3) is 0.438. The van der Waals surface area contributed by atoms with Crippen molar-refractivity contribution in [3.05, 3.63) is 82.4 Å². The average Bonchev–Trinajstić information content (AvgIpc) is 3.30. The molecule has 3 heterocycles. The SMILES string of the molecule is CCn1nc(CCCCOC(=O)c2ccc(F)cc2)c2c1C(=O)NCC1(CCOCC1)C2.COc1ccc(C(=O)O)cc1. The Morgan fingerprint density at radius 2 is 1.74 bits per heavy atom. The van der Waals surface area contributed by atoms with Crippen LogP contribution in [0.25, 0.3) is 0 Å². The van der Waals surface area contributed by atoms with E-state index in [2.05, 4.69) is 5.32 Å². The van der Waals surface area contributed by atoms with Gasteiger partial charge >= 0.3 is 11.9 Å². The molecule has 0 saturated carbocycles. The molecule has 0 atom stereocenters. The maximum atomic E-state index is 13.0. The van der Waals surface area contributed by atoms with E-state index in [-0.39, 0.29) is 29.3 Å². The van der Waals surface area contributed by atoms with Crippen molar-refractivity contribution in [3.8, 4) is 5.75 Å². The van der Waals surface area contributed by atoms with E-state index in [0.717, 1.165) is 56.6 Å². The molecule has 5 rings (SSSR count). The molecular formula is C32H38FN3O7. The van der Waals surface area contributed by atoms with Gasteiger partial charge in [0.15, 0.2) is 0 Å². The van der Waals surface area contributed by atoms with Gasteiger partial charge in [-0.05, 0) is 99.4 Å². The molecule has 0 aliphatic carbocycles. The normalized spacial score (nSPS) is 15.4. The summed E-state index contributed by atoms with van der Waals surface area (Å²) in [6, 6.07) is 11.6. The first kappa shape index (κ1) is 31.7. The molecule has 2 N–H and O–H groups in total. The molecule has 1 aromatic heterocycles. The van der Waals surface area contributed by atoms with Crippen LogP contribution in [-0.4, -0.2) is 66.2 Å². The lowest BCUT2D eigenvalue weighted by molar-refractivity contribution is 0.0160. The standard InChI is InChI=1S/C24H30FN3O4.C8H8O3/c1-2-28-21-19(15-24(16-26-22(21)29)10-13-31-14-11-24)20(27-28)5-3-4-12-32-23(30)17-6-8-18(25)9-7-17;1-11-7-4-2-6(3-5-7)8(9)10/h6-9H,2-5,10-16H2,1H3,(H,26,29);2-5H,1H3,(H,9,10). The van der Waals surface area contributed by atoms with E-state index in [0.29, 0.717) is 36.5 Å². The van der Waals surface area contributed by atoms with Crippen LogP contribution in [0.1, 0.15) is 75.1 Å². The summed E-state index contributed by atoms with van der Waals surface area (Å²) < 4.78 is 30.5. The van der Waals surface area contributed by atoms with Crippen molar-refractivity contribution in [2.75, 3.05) is 33.5 Å². The number of ether oxygens (including phenoxy) is 3. The van der Waals surface area contributed by atoms with Gasteiger partial charge in [-0.15, -0.1) is 0 Å². The number of halogens is 1. The molecule has 0 bridgehead atoms. The molecule has 2 aromatic carbocycles. The summed E-state index contributed by atoms with van der Waals surface area (Å²) in [5.41, 5.74) is 3.35. The number of nitrogens with zero attached hydrogens (tertiary/aromatic N) is 2. The predicted octanol–water partition coefficient (Wildman–Crippen LogP) is 4.70. The van der Waals surface area contributed by atoms with Gasteiger partial charge in [0.05, 0.1) is 30.5 Å². The first-order chi connectivity index (χ1) is 20.7. The van der Waals surface area contributed by atoms with E-state index >= 15 is 0 Å². The number of amides is 1. The fourth-order valence-electron chi connectivity index (χ4n) is 5.33. The number of carbonyl (C=O) groups excluding carboxylic acids is 2. The van der Waals surface area contributed by atoms with Crippen molar-refractivity contribution in [3.63, 3.8) is 0 Å². The van der Waals surface area contributed by atoms with Crippen LogP contribution in [-0.2, 0) is 28.9 Å². The van der Waals surface area contributed by atoms with Crippen LogP contribution in [0.3, 0.4) is 0 Å². The van der Waals surface area contributed by atoms with Gasteiger partial charge in [0.2, 0.25) is 0 Å². The van der Waals surface area contributed by atoms with Crippen LogP contribution in [0.5, 0.6) is 5.75 Å². The highest BCUT2D eigenvalue weighted by Gasteiger charge is 2.39. The van der Waals surface area contributed by atoms with Gasteiger partial charge in [0, 0.05) is 31.9 Å². The molecule has 11 heteroatoms. The van der Waals surface area contributed by atoms with E-state index in [1.807, 2.05) is 11.6 Å². The number of unbranched alkanes of at least 4 members (excludes halogenated alkanes) is 1. The van der Waals surface area contributed by atoms with E-state index in [1.165, 1.54) is 43.5 Å². The zero-order valence-corrected chi connectivity index (χ0v) is 24.6. The van der Waals surface area contributed by atoms with Crippen LogP contribution in [0.4, 0.5) is 4.39 Å². The Morgan fingerprint density at radius 1 is 1.07 bits per heavy atom. The number of aromatic nitrogens is 2. The number of aryl methyl sites for hydroxylation is 2. The molecule has 1 fully saturated rings. The molecule has 0 radical (unpaired) electrons. The summed E-state index contributed by atoms with van der Waals surface area (Å²) in [5, 5.41) is 16.4. The van der Waals surface area contributed by atoms with Gasteiger partial charge in [-0.3, -0.25) is 9.48 Å². The number of fused-ring (bicyclic) bond motifs is 1. The van der Waals surface area contributed by atoms with Crippen molar-refractivity contribution in [2.45, 2.75) is 52.0 Å². The van der Waals surface area contributed by atoms with Crippen molar-refractivity contribution in [1.29, 1.82) is 0 Å². The minimum absolute atomic E-state index is 0.0280. The number of hydrogen-bond donors (Lipinski definition) is 2.